The van der Waals surface area contributed by atoms with Crippen molar-refractivity contribution in [2.75, 3.05) is 40.5 Å². The Hall–Kier alpha value is -4.31. The zero-order valence-electron chi connectivity index (χ0n) is 20.3. The predicted molar refractivity (Wildman–Crippen MR) is 131 cm³/mol. The average Bonchev–Trinajstić information content (AvgIpc) is 3.23. The van der Waals surface area contributed by atoms with Crippen LogP contribution < -0.4 is 14.9 Å². The van der Waals surface area contributed by atoms with Crippen molar-refractivity contribution < 1.29 is 38.1 Å². The molecule has 10 heteroatoms. The molecule has 0 spiro atoms. The molecule has 3 aromatic rings. The number of fused-ring (bicyclic) bond motifs is 2. The van der Waals surface area contributed by atoms with Crippen molar-refractivity contribution in [1.29, 1.82) is 0 Å². The van der Waals surface area contributed by atoms with E-state index in [9.17, 15) is 19.5 Å². The molecule has 2 aliphatic rings. The number of ether oxygens (including phenoxy) is 4. The number of hydrogen-bond donors (Lipinski definition) is 1. The van der Waals surface area contributed by atoms with E-state index >= 15 is 0 Å². The molecule has 2 aromatic carbocycles. The molecule has 0 bridgehead atoms. The first kappa shape index (κ1) is 24.4. The number of hydrogen-bond acceptors (Lipinski definition) is 10. The second-order valence-electron chi connectivity index (χ2n) is 8.66. The van der Waals surface area contributed by atoms with Crippen LogP contribution in [0.15, 0.2) is 57.8 Å². The summed E-state index contributed by atoms with van der Waals surface area (Å²) in [6.45, 7) is 2.25. The van der Waals surface area contributed by atoms with E-state index in [1.165, 1.54) is 32.6 Å². The molecule has 2 aliphatic heterocycles. The second-order valence-corrected chi connectivity index (χ2v) is 8.66. The highest BCUT2D eigenvalue weighted by atomic mass is 16.5. The molecule has 1 fully saturated rings. The first-order valence-corrected chi connectivity index (χ1v) is 11.7. The topological polar surface area (TPSA) is 125 Å². The Balaban J connectivity index is 1.65. The number of carbonyl (C=O) groups is 2. The van der Waals surface area contributed by atoms with Crippen LogP contribution in [-0.4, -0.2) is 62.3 Å². The van der Waals surface area contributed by atoms with E-state index in [0.29, 0.717) is 37.6 Å². The van der Waals surface area contributed by atoms with Gasteiger partial charge in [0.2, 0.25) is 5.78 Å². The number of aromatic hydroxyl groups is 1. The first-order valence-electron chi connectivity index (χ1n) is 11.7. The molecular weight excluding hydrogens is 482 g/mol. The molecule has 0 aliphatic carbocycles. The number of carbonyl (C=O) groups excluding carboxylic acids is 2. The summed E-state index contributed by atoms with van der Waals surface area (Å²) >= 11 is 0. The Kier molecular flexibility index (Phi) is 6.58. The highest BCUT2D eigenvalue weighted by Gasteiger charge is 2.37. The Morgan fingerprint density at radius 3 is 2.68 bits per heavy atom. The quantitative estimate of drug-likeness (QED) is 0.393. The van der Waals surface area contributed by atoms with Crippen LogP contribution in [0.1, 0.15) is 33.8 Å². The number of rotatable bonds is 6. The molecule has 37 heavy (non-hydrogen) atoms. The van der Waals surface area contributed by atoms with E-state index in [0.717, 1.165) is 0 Å². The molecule has 1 N–H and O–H groups in total. The van der Waals surface area contributed by atoms with Crippen LogP contribution >= 0.6 is 0 Å². The van der Waals surface area contributed by atoms with Gasteiger partial charge in [-0.25, -0.2) is 0 Å². The molecule has 1 unspecified atom stereocenters. The maximum Gasteiger partial charge on any atom is 0.306 e. The van der Waals surface area contributed by atoms with E-state index in [1.807, 2.05) is 4.90 Å². The van der Waals surface area contributed by atoms with Gasteiger partial charge in [-0.3, -0.25) is 14.4 Å². The second kappa shape index (κ2) is 9.98. The molecule has 5 rings (SSSR count). The minimum atomic E-state index is -1.02. The van der Waals surface area contributed by atoms with Crippen molar-refractivity contribution in [3.8, 4) is 17.2 Å². The van der Waals surface area contributed by atoms with Gasteiger partial charge in [-0.05, 0) is 30.3 Å². The fourth-order valence-corrected chi connectivity index (χ4v) is 4.57. The van der Waals surface area contributed by atoms with E-state index in [1.54, 1.807) is 24.4 Å². The number of phenols is 1. The average molecular weight is 507 g/mol. The van der Waals surface area contributed by atoms with Gasteiger partial charge in [-0.15, -0.1) is 0 Å². The normalized spacial score (nSPS) is 17.0. The summed E-state index contributed by atoms with van der Waals surface area (Å²) in [7, 11) is 2.71. The van der Waals surface area contributed by atoms with Gasteiger partial charge >= 0.3 is 5.97 Å². The van der Waals surface area contributed by atoms with Crippen LogP contribution in [0.3, 0.4) is 0 Å². The SMILES string of the molecule is COC(=O)CC(c1c(O)ccc2c1O/C(=C\N1CCOCC1)C2=O)c1coc2ccc(OC)cc2c1=O. The summed E-state index contributed by atoms with van der Waals surface area (Å²) in [5, 5.41) is 11.2. The molecule has 0 amide bonds. The van der Waals surface area contributed by atoms with Crippen molar-refractivity contribution in [1.82, 2.24) is 4.90 Å². The maximum atomic E-state index is 13.6. The number of ketones is 1. The highest BCUT2D eigenvalue weighted by Crippen LogP contribution is 2.46. The van der Waals surface area contributed by atoms with Gasteiger partial charge in [0.15, 0.2) is 11.2 Å². The fourth-order valence-electron chi connectivity index (χ4n) is 4.57. The number of allylic oxidation sites excluding steroid dienone is 1. The van der Waals surface area contributed by atoms with Crippen molar-refractivity contribution in [3.63, 3.8) is 0 Å². The van der Waals surface area contributed by atoms with Crippen molar-refractivity contribution in [2.45, 2.75) is 12.3 Å². The molecule has 1 atom stereocenters. The predicted octanol–water partition coefficient (Wildman–Crippen LogP) is 2.95. The van der Waals surface area contributed by atoms with Crippen molar-refractivity contribution in [3.05, 3.63) is 75.5 Å². The summed E-state index contributed by atoms with van der Waals surface area (Å²) in [6, 6.07) is 7.62. The Bertz CT molecular complexity index is 1470. The minimum absolute atomic E-state index is 0.0795. The molecule has 3 heterocycles. The Labute approximate surface area is 211 Å². The van der Waals surface area contributed by atoms with Crippen LogP contribution in [0.25, 0.3) is 11.0 Å². The molecule has 0 radical (unpaired) electrons. The third-order valence-electron chi connectivity index (χ3n) is 6.53. The largest absolute Gasteiger partial charge is 0.508 e. The van der Waals surface area contributed by atoms with Gasteiger partial charge in [0.1, 0.15) is 22.8 Å². The molecule has 192 valence electrons. The summed E-state index contributed by atoms with van der Waals surface area (Å²) < 4.78 is 27.2. The maximum absolute atomic E-state index is 13.6. The van der Waals surface area contributed by atoms with Gasteiger partial charge in [0.05, 0.1) is 51.1 Å². The number of morpholine rings is 1. The van der Waals surface area contributed by atoms with Gasteiger partial charge in [0.25, 0.3) is 0 Å². The van der Waals surface area contributed by atoms with Gasteiger partial charge in [-0.1, -0.05) is 0 Å². The van der Waals surface area contributed by atoms with Crippen LogP contribution in [0.2, 0.25) is 0 Å². The summed E-state index contributed by atoms with van der Waals surface area (Å²) in [4.78, 5) is 41.1. The summed E-state index contributed by atoms with van der Waals surface area (Å²) in [5.41, 5.74) is 0.345. The number of esters is 1. The van der Waals surface area contributed by atoms with E-state index < -0.39 is 17.3 Å². The van der Waals surface area contributed by atoms with Gasteiger partial charge in [0, 0.05) is 36.3 Å². The van der Waals surface area contributed by atoms with E-state index in [-0.39, 0.29) is 51.5 Å². The smallest absolute Gasteiger partial charge is 0.306 e. The van der Waals surface area contributed by atoms with Crippen LogP contribution in [-0.2, 0) is 14.3 Å². The lowest BCUT2D eigenvalue weighted by Gasteiger charge is -2.25. The molecule has 1 saturated heterocycles. The van der Waals surface area contributed by atoms with Crippen LogP contribution in [0.4, 0.5) is 0 Å². The van der Waals surface area contributed by atoms with Crippen LogP contribution in [0.5, 0.6) is 17.2 Å². The lowest BCUT2D eigenvalue weighted by molar-refractivity contribution is -0.140. The first-order chi connectivity index (χ1) is 17.9. The van der Waals surface area contributed by atoms with E-state index in [2.05, 4.69) is 0 Å². The summed E-state index contributed by atoms with van der Waals surface area (Å²) in [6.07, 6.45) is 2.57. The Morgan fingerprint density at radius 2 is 1.95 bits per heavy atom. The third-order valence-corrected chi connectivity index (χ3v) is 6.53. The molecule has 0 saturated carbocycles. The number of nitrogens with zero attached hydrogens (tertiary/aromatic N) is 1. The minimum Gasteiger partial charge on any atom is -0.508 e. The molecule has 1 aromatic heterocycles. The molecule has 10 nitrogen and oxygen atoms in total. The van der Waals surface area contributed by atoms with E-state index in [4.69, 9.17) is 23.4 Å². The fraction of sp³-hybridized carbons (Fsp3) is 0.296. The number of methoxy groups -OCH3 is 2. The lowest BCUT2D eigenvalue weighted by atomic mass is 9.86. The zero-order chi connectivity index (χ0) is 26.1. The van der Waals surface area contributed by atoms with Gasteiger partial charge in [-0.2, -0.15) is 0 Å². The lowest BCUT2D eigenvalue weighted by Crippen LogP contribution is -2.32. The van der Waals surface area contributed by atoms with Gasteiger partial charge < -0.3 is 33.4 Å². The number of benzene rings is 2. The monoisotopic (exact) mass is 507 g/mol. The Morgan fingerprint density at radius 1 is 1.16 bits per heavy atom. The van der Waals surface area contributed by atoms with Crippen molar-refractivity contribution >= 4 is 22.7 Å². The zero-order valence-corrected chi connectivity index (χ0v) is 20.3. The third kappa shape index (κ3) is 4.51. The number of Topliss-reactive ketones (excluding diaryl/α,β-unsaturated/α-hetero) is 1. The van der Waals surface area contributed by atoms with Crippen LogP contribution in [0, 0.1) is 0 Å². The van der Waals surface area contributed by atoms with Crippen molar-refractivity contribution in [2.24, 2.45) is 0 Å². The highest BCUT2D eigenvalue weighted by molar-refractivity contribution is 6.12. The molecular formula is C27H25NO9. The standard InChI is InChI=1S/C27H25NO9/c1-33-15-3-6-21-18(11-15)25(31)19(14-36-21)17(12-23(30)34-2)24-20(29)5-4-16-26(32)22(37-27(16)24)13-28-7-9-35-10-8-28/h3-6,11,13-14,17,29H,7-10,12H2,1-2H3/b22-13-. The summed E-state index contributed by atoms with van der Waals surface area (Å²) in [5.74, 6) is -1.63. The number of phenolic OH excluding ortho intramolecular Hbond substituents is 1.